The van der Waals surface area contributed by atoms with E-state index >= 15 is 0 Å². The number of likely N-dealkylation sites (tertiary alicyclic amines) is 1. The van der Waals surface area contributed by atoms with Crippen molar-refractivity contribution in [3.05, 3.63) is 66.0 Å². The number of rotatable bonds is 6. The van der Waals surface area contributed by atoms with Crippen LogP contribution in [0.2, 0.25) is 0 Å². The van der Waals surface area contributed by atoms with Gasteiger partial charge in [0.15, 0.2) is 0 Å². The Labute approximate surface area is 216 Å². The van der Waals surface area contributed by atoms with Crippen LogP contribution < -0.4 is 4.74 Å². The third kappa shape index (κ3) is 4.47. The van der Waals surface area contributed by atoms with Gasteiger partial charge in [-0.1, -0.05) is 6.07 Å². The zero-order valence-corrected chi connectivity index (χ0v) is 21.2. The van der Waals surface area contributed by atoms with Crippen molar-refractivity contribution in [2.75, 3.05) is 26.3 Å². The molecule has 2 fully saturated rings. The molecule has 0 radical (unpaired) electrons. The van der Waals surface area contributed by atoms with Gasteiger partial charge in [-0.2, -0.15) is 15.5 Å². The highest BCUT2D eigenvalue weighted by molar-refractivity contribution is 5.76. The topological polar surface area (TPSA) is 93.5 Å². The maximum absolute atomic E-state index is 9.68. The Morgan fingerprint density at radius 2 is 2.03 bits per heavy atom. The third-order valence-corrected chi connectivity index (χ3v) is 7.68. The van der Waals surface area contributed by atoms with Crippen LogP contribution in [0.3, 0.4) is 0 Å². The minimum Gasteiger partial charge on any atom is -0.482 e. The van der Waals surface area contributed by atoms with Gasteiger partial charge in [0.25, 0.3) is 0 Å². The van der Waals surface area contributed by atoms with E-state index in [-0.39, 0.29) is 6.10 Å². The van der Waals surface area contributed by atoms with Crippen LogP contribution in [0.5, 0.6) is 5.75 Å². The van der Waals surface area contributed by atoms with Crippen molar-refractivity contribution in [3.63, 3.8) is 0 Å². The molecule has 4 aromatic heterocycles. The fourth-order valence-corrected chi connectivity index (χ4v) is 5.49. The third-order valence-electron chi connectivity index (χ3n) is 7.68. The van der Waals surface area contributed by atoms with E-state index in [0.717, 1.165) is 68.1 Å². The summed E-state index contributed by atoms with van der Waals surface area (Å²) in [5.74, 6) is 0.602. The molecule has 2 atom stereocenters. The Balaban J connectivity index is 1.31. The summed E-state index contributed by atoms with van der Waals surface area (Å²) in [6.07, 6.45) is 10.3. The number of aromatic nitrogens is 5. The van der Waals surface area contributed by atoms with Gasteiger partial charge in [0, 0.05) is 35.8 Å². The zero-order chi connectivity index (χ0) is 25.4. The second-order valence-corrected chi connectivity index (χ2v) is 9.97. The van der Waals surface area contributed by atoms with Gasteiger partial charge in [-0.05, 0) is 57.9 Å². The number of fused-ring (bicyclic) bond motifs is 1. The summed E-state index contributed by atoms with van der Waals surface area (Å²) >= 11 is 0. The summed E-state index contributed by atoms with van der Waals surface area (Å²) in [5.41, 5.74) is 5.07. The molecular weight excluding hydrogens is 466 g/mol. The first-order valence-electron chi connectivity index (χ1n) is 13.0. The molecular formula is C28H31N7O2. The second kappa shape index (κ2) is 9.96. The summed E-state index contributed by atoms with van der Waals surface area (Å²) < 4.78 is 15.7. The van der Waals surface area contributed by atoms with Crippen LogP contribution in [-0.4, -0.2) is 61.6 Å². The molecule has 9 heteroatoms. The lowest BCUT2D eigenvalue weighted by Crippen LogP contribution is -2.49. The molecule has 0 spiro atoms. The Hall–Kier alpha value is -3.74. The van der Waals surface area contributed by atoms with Crippen molar-refractivity contribution in [3.8, 4) is 22.9 Å². The number of hydrogen-bond acceptors (Lipinski definition) is 7. The van der Waals surface area contributed by atoms with Gasteiger partial charge < -0.3 is 9.47 Å². The monoisotopic (exact) mass is 497 g/mol. The molecule has 2 saturated heterocycles. The molecule has 6 heterocycles. The summed E-state index contributed by atoms with van der Waals surface area (Å²) in [6, 6.07) is 11.0. The predicted molar refractivity (Wildman–Crippen MR) is 138 cm³/mol. The van der Waals surface area contributed by atoms with E-state index < -0.39 is 0 Å². The van der Waals surface area contributed by atoms with Crippen molar-refractivity contribution < 1.29 is 9.47 Å². The van der Waals surface area contributed by atoms with E-state index in [9.17, 15) is 5.26 Å². The van der Waals surface area contributed by atoms with Crippen LogP contribution in [-0.2, 0) is 4.74 Å². The normalized spacial score (nSPS) is 19.8. The van der Waals surface area contributed by atoms with Crippen LogP contribution in [0, 0.1) is 18.3 Å². The number of hydrogen-bond donors (Lipinski definition) is 0. The number of pyridine rings is 2. The average Bonchev–Trinajstić information content (AvgIpc) is 3.40. The molecule has 2 aliphatic rings. The first-order chi connectivity index (χ1) is 18.1. The minimum absolute atomic E-state index is 0.291. The largest absolute Gasteiger partial charge is 0.482 e. The fraction of sp³-hybridized carbons (Fsp3) is 0.429. The van der Waals surface area contributed by atoms with Gasteiger partial charge in [-0.25, -0.2) is 4.52 Å². The highest BCUT2D eigenvalue weighted by Crippen LogP contribution is 2.35. The van der Waals surface area contributed by atoms with E-state index in [0.29, 0.717) is 28.9 Å². The summed E-state index contributed by atoms with van der Waals surface area (Å²) in [6.45, 7) is 8.03. The van der Waals surface area contributed by atoms with Crippen molar-refractivity contribution in [1.29, 1.82) is 5.26 Å². The minimum atomic E-state index is -0.291. The van der Waals surface area contributed by atoms with Crippen molar-refractivity contribution in [2.24, 2.45) is 0 Å². The lowest BCUT2D eigenvalue weighted by atomic mass is 10.1. The molecule has 0 aromatic carbocycles. The molecule has 2 aliphatic heterocycles. The summed E-state index contributed by atoms with van der Waals surface area (Å²) in [5, 5.41) is 19.0. The molecule has 0 saturated carbocycles. The predicted octanol–water partition coefficient (Wildman–Crippen LogP) is 4.34. The van der Waals surface area contributed by atoms with Crippen LogP contribution >= 0.6 is 0 Å². The lowest BCUT2D eigenvalue weighted by Gasteiger charge is -2.36. The molecule has 0 N–H and O–H groups in total. The van der Waals surface area contributed by atoms with Crippen LogP contribution in [0.4, 0.5) is 0 Å². The Bertz CT molecular complexity index is 1430. The first kappa shape index (κ1) is 23.6. The van der Waals surface area contributed by atoms with E-state index in [1.54, 1.807) is 16.9 Å². The molecule has 9 nitrogen and oxygen atoms in total. The fourth-order valence-electron chi connectivity index (χ4n) is 5.49. The van der Waals surface area contributed by atoms with E-state index in [1.165, 1.54) is 0 Å². The van der Waals surface area contributed by atoms with E-state index in [1.807, 2.05) is 43.6 Å². The molecule has 0 amide bonds. The summed E-state index contributed by atoms with van der Waals surface area (Å²) in [7, 11) is 0. The lowest BCUT2D eigenvalue weighted by molar-refractivity contribution is -0.0639. The molecule has 37 heavy (non-hydrogen) atoms. The van der Waals surface area contributed by atoms with Gasteiger partial charge >= 0.3 is 0 Å². The Morgan fingerprint density at radius 1 is 1.14 bits per heavy atom. The van der Waals surface area contributed by atoms with Crippen molar-refractivity contribution in [2.45, 2.75) is 51.3 Å². The molecule has 6 rings (SSSR count). The highest BCUT2D eigenvalue weighted by Gasteiger charge is 2.29. The molecule has 0 aliphatic carbocycles. The number of ether oxygens (including phenoxy) is 2. The van der Waals surface area contributed by atoms with Gasteiger partial charge in [-0.3, -0.25) is 14.6 Å². The van der Waals surface area contributed by atoms with Crippen LogP contribution in [0.25, 0.3) is 16.6 Å². The number of nitrogens with zero attached hydrogens (tertiary/aromatic N) is 7. The highest BCUT2D eigenvalue weighted by atomic mass is 16.5. The first-order valence-corrected chi connectivity index (χ1v) is 13.0. The Morgan fingerprint density at radius 3 is 2.78 bits per heavy atom. The van der Waals surface area contributed by atoms with Gasteiger partial charge in [0.2, 0.25) is 0 Å². The van der Waals surface area contributed by atoms with Gasteiger partial charge in [0.1, 0.15) is 29.0 Å². The quantitative estimate of drug-likeness (QED) is 0.391. The maximum atomic E-state index is 9.68. The summed E-state index contributed by atoms with van der Waals surface area (Å²) in [4.78, 5) is 7.01. The van der Waals surface area contributed by atoms with Crippen LogP contribution in [0.1, 0.15) is 55.3 Å². The molecule has 4 aromatic rings. The zero-order valence-electron chi connectivity index (χ0n) is 21.2. The van der Waals surface area contributed by atoms with Gasteiger partial charge in [-0.15, -0.1) is 0 Å². The molecule has 190 valence electrons. The second-order valence-electron chi connectivity index (χ2n) is 9.97. The SMILES string of the molecule is Cc1c(-c2cc(OC(C)c3ccccn3)c3c(C#N)cnn3c2)cnn1C1CCCN(C2COC2)CC1. The Kier molecular flexibility index (Phi) is 6.37. The average molecular weight is 498 g/mol. The van der Waals surface area contributed by atoms with E-state index in [4.69, 9.17) is 14.6 Å². The van der Waals surface area contributed by atoms with Gasteiger partial charge in [0.05, 0.1) is 43.4 Å². The number of nitriles is 1. The molecule has 0 bridgehead atoms. The maximum Gasteiger partial charge on any atom is 0.148 e. The van der Waals surface area contributed by atoms with Crippen LogP contribution in [0.15, 0.2) is 49.1 Å². The van der Waals surface area contributed by atoms with E-state index in [2.05, 4.69) is 32.7 Å². The standard InChI is InChI=1S/C28H31N7O2/c1-19-25(15-32-35(19)23-6-5-10-33(11-8-23)24-17-36-18-24)21-12-27(28-22(13-29)14-31-34(28)16-21)37-20(2)26-7-3-4-9-30-26/h3-4,7,9,12,14-16,20,23-24H,5-6,8,10-11,17-18H2,1-2H3. The smallest absolute Gasteiger partial charge is 0.148 e. The van der Waals surface area contributed by atoms with Crippen molar-refractivity contribution >= 4 is 5.52 Å². The van der Waals surface area contributed by atoms with Crippen molar-refractivity contribution in [1.82, 2.24) is 29.3 Å². The molecule has 2 unspecified atom stereocenters.